The van der Waals surface area contributed by atoms with Gasteiger partial charge in [0.25, 0.3) is 5.56 Å². The number of thioether (sulfide) groups is 1. The third kappa shape index (κ3) is 3.34. The maximum Gasteiger partial charge on any atom is 0.262 e. The Hall–Kier alpha value is -1.37. The Labute approximate surface area is 134 Å². The molecule has 2 aromatic rings. The number of nitrogens with one attached hydrogen (secondary N) is 1. The molecular formula is C16H22N3O2S+. The van der Waals surface area contributed by atoms with Gasteiger partial charge in [-0.05, 0) is 19.1 Å². The summed E-state index contributed by atoms with van der Waals surface area (Å²) in [6.07, 6.45) is 0. The lowest BCUT2D eigenvalue weighted by Gasteiger charge is -2.23. The Morgan fingerprint density at radius 3 is 2.86 bits per heavy atom. The van der Waals surface area contributed by atoms with Crippen LogP contribution in [-0.4, -0.2) is 48.2 Å². The minimum absolute atomic E-state index is 0.0642. The fourth-order valence-corrected chi connectivity index (χ4v) is 3.84. The van der Waals surface area contributed by atoms with Crippen molar-refractivity contribution < 1.29 is 9.64 Å². The molecule has 0 amide bonds. The van der Waals surface area contributed by atoms with Crippen molar-refractivity contribution in [1.29, 1.82) is 0 Å². The highest BCUT2D eigenvalue weighted by Gasteiger charge is 2.15. The fourth-order valence-electron chi connectivity index (χ4n) is 2.73. The highest BCUT2D eigenvalue weighted by Crippen LogP contribution is 2.16. The number of benzene rings is 1. The van der Waals surface area contributed by atoms with Gasteiger partial charge < -0.3 is 9.64 Å². The van der Waals surface area contributed by atoms with Gasteiger partial charge in [-0.2, -0.15) is 0 Å². The number of para-hydroxylation sites is 1. The number of morpholine rings is 1. The van der Waals surface area contributed by atoms with Gasteiger partial charge >= 0.3 is 0 Å². The number of ether oxygens (including phenoxy) is 1. The first-order valence-electron chi connectivity index (χ1n) is 7.83. The lowest BCUT2D eigenvalue weighted by Crippen LogP contribution is -3.14. The molecule has 0 unspecified atom stereocenters. The molecular weight excluding hydrogens is 298 g/mol. The molecule has 22 heavy (non-hydrogen) atoms. The fraction of sp³-hybridized carbons (Fsp3) is 0.500. The summed E-state index contributed by atoms with van der Waals surface area (Å²) in [6, 6.07) is 7.58. The number of hydrogen-bond donors (Lipinski definition) is 1. The van der Waals surface area contributed by atoms with Crippen LogP contribution in [0.2, 0.25) is 0 Å². The molecule has 0 bridgehead atoms. The largest absolute Gasteiger partial charge is 0.370 e. The lowest BCUT2D eigenvalue weighted by atomic mass is 10.2. The van der Waals surface area contributed by atoms with Gasteiger partial charge in [0.05, 0.1) is 36.4 Å². The summed E-state index contributed by atoms with van der Waals surface area (Å²) in [5.41, 5.74) is 0.854. The Balaban J connectivity index is 1.76. The van der Waals surface area contributed by atoms with Crippen molar-refractivity contribution >= 4 is 22.7 Å². The van der Waals surface area contributed by atoms with E-state index in [9.17, 15) is 4.79 Å². The Bertz CT molecular complexity index is 695. The lowest BCUT2D eigenvalue weighted by molar-refractivity contribution is -0.905. The minimum atomic E-state index is 0.0642. The first-order chi connectivity index (χ1) is 10.8. The number of rotatable bonds is 5. The normalized spacial score (nSPS) is 16.2. The van der Waals surface area contributed by atoms with Crippen LogP contribution in [0.15, 0.2) is 34.2 Å². The molecule has 1 N–H and O–H groups in total. The number of aromatic nitrogens is 2. The molecule has 1 aliphatic heterocycles. The zero-order valence-electron chi connectivity index (χ0n) is 12.9. The van der Waals surface area contributed by atoms with E-state index >= 15 is 0 Å². The van der Waals surface area contributed by atoms with Crippen LogP contribution >= 0.6 is 11.8 Å². The van der Waals surface area contributed by atoms with Crippen molar-refractivity contribution in [2.45, 2.75) is 18.6 Å². The predicted octanol–water partition coefficient (Wildman–Crippen LogP) is 0.424. The van der Waals surface area contributed by atoms with E-state index in [1.165, 1.54) is 0 Å². The number of fused-ring (bicyclic) bond motifs is 1. The van der Waals surface area contributed by atoms with Crippen molar-refractivity contribution in [3.8, 4) is 0 Å². The van der Waals surface area contributed by atoms with Crippen molar-refractivity contribution in [3.05, 3.63) is 34.6 Å². The third-order valence-electron chi connectivity index (χ3n) is 4.03. The molecule has 3 rings (SSSR count). The van der Waals surface area contributed by atoms with E-state index in [1.54, 1.807) is 21.2 Å². The number of nitrogens with zero attached hydrogens (tertiary/aromatic N) is 2. The Morgan fingerprint density at radius 2 is 2.09 bits per heavy atom. The van der Waals surface area contributed by atoms with Crippen LogP contribution in [0.1, 0.15) is 6.92 Å². The van der Waals surface area contributed by atoms with Gasteiger partial charge in [-0.1, -0.05) is 23.9 Å². The molecule has 0 spiro atoms. The molecule has 0 saturated carbocycles. The van der Waals surface area contributed by atoms with Gasteiger partial charge in [-0.3, -0.25) is 9.36 Å². The summed E-state index contributed by atoms with van der Waals surface area (Å²) < 4.78 is 7.16. The summed E-state index contributed by atoms with van der Waals surface area (Å²) in [5, 5.41) is 1.53. The molecule has 5 nitrogen and oxygen atoms in total. The Morgan fingerprint density at radius 1 is 1.32 bits per heavy atom. The predicted molar refractivity (Wildman–Crippen MR) is 88.8 cm³/mol. The molecule has 1 aromatic heterocycles. The van der Waals surface area contributed by atoms with Crippen LogP contribution in [-0.2, 0) is 11.3 Å². The molecule has 1 aromatic carbocycles. The topological polar surface area (TPSA) is 48.6 Å². The summed E-state index contributed by atoms with van der Waals surface area (Å²) >= 11 is 1.68. The third-order valence-corrected chi connectivity index (χ3v) is 5.01. The van der Waals surface area contributed by atoms with Gasteiger partial charge in [0, 0.05) is 6.54 Å². The summed E-state index contributed by atoms with van der Waals surface area (Å²) in [4.78, 5) is 18.8. The van der Waals surface area contributed by atoms with E-state index in [2.05, 4.69) is 4.98 Å². The maximum absolute atomic E-state index is 12.5. The van der Waals surface area contributed by atoms with Gasteiger partial charge in [-0.25, -0.2) is 4.98 Å². The van der Waals surface area contributed by atoms with Gasteiger partial charge in [0.15, 0.2) is 5.16 Å². The zero-order chi connectivity index (χ0) is 15.4. The smallest absolute Gasteiger partial charge is 0.262 e. The van der Waals surface area contributed by atoms with E-state index in [4.69, 9.17) is 4.74 Å². The van der Waals surface area contributed by atoms with E-state index < -0.39 is 0 Å². The molecule has 6 heteroatoms. The minimum Gasteiger partial charge on any atom is -0.370 e. The maximum atomic E-state index is 12.5. The van der Waals surface area contributed by atoms with Crippen molar-refractivity contribution in [2.75, 3.05) is 38.6 Å². The first kappa shape index (κ1) is 15.5. The van der Waals surface area contributed by atoms with E-state index in [-0.39, 0.29) is 5.56 Å². The van der Waals surface area contributed by atoms with Crippen molar-refractivity contribution in [1.82, 2.24) is 9.55 Å². The summed E-state index contributed by atoms with van der Waals surface area (Å²) in [7, 11) is 0. The molecule has 1 saturated heterocycles. The number of quaternary nitrogens is 1. The van der Waals surface area contributed by atoms with E-state index in [1.807, 2.05) is 31.2 Å². The molecule has 0 radical (unpaired) electrons. The first-order valence-corrected chi connectivity index (χ1v) is 8.82. The van der Waals surface area contributed by atoms with Gasteiger partial charge in [0.2, 0.25) is 0 Å². The Kier molecular flexibility index (Phi) is 5.12. The molecule has 0 aliphatic carbocycles. The molecule has 1 fully saturated rings. The average Bonchev–Trinajstić information content (AvgIpc) is 2.56. The highest BCUT2D eigenvalue weighted by molar-refractivity contribution is 7.99. The van der Waals surface area contributed by atoms with Crippen LogP contribution in [0.4, 0.5) is 0 Å². The summed E-state index contributed by atoms with van der Waals surface area (Å²) in [5.74, 6) is 0.972. The molecule has 1 aliphatic rings. The van der Waals surface area contributed by atoms with Crippen LogP contribution < -0.4 is 10.5 Å². The molecule has 2 heterocycles. The van der Waals surface area contributed by atoms with Gasteiger partial charge in [-0.15, -0.1) is 0 Å². The van der Waals surface area contributed by atoms with Crippen LogP contribution in [0, 0.1) is 0 Å². The van der Waals surface area contributed by atoms with E-state index in [0.29, 0.717) is 11.9 Å². The standard InChI is InChI=1S/C16H21N3O2S/c1-2-19-15(20)13-5-3-4-6-14(13)17-16(19)22-12-9-18-7-10-21-11-8-18/h3-6H,2,7-12H2,1H3/p+1. The zero-order valence-corrected chi connectivity index (χ0v) is 13.7. The molecule has 0 atom stereocenters. The van der Waals surface area contributed by atoms with Crippen LogP contribution in [0.5, 0.6) is 0 Å². The second-order valence-corrected chi connectivity index (χ2v) is 6.48. The highest BCUT2D eigenvalue weighted by atomic mass is 32.2. The molecule has 118 valence electrons. The van der Waals surface area contributed by atoms with Crippen molar-refractivity contribution in [3.63, 3.8) is 0 Å². The van der Waals surface area contributed by atoms with E-state index in [0.717, 1.165) is 49.3 Å². The SMILES string of the molecule is CCn1c(SCC[NH+]2CCOCC2)nc2ccccc2c1=O. The quantitative estimate of drug-likeness (QED) is 0.641. The van der Waals surface area contributed by atoms with Gasteiger partial charge in [0.1, 0.15) is 13.1 Å². The number of hydrogen-bond acceptors (Lipinski definition) is 4. The second kappa shape index (κ2) is 7.26. The average molecular weight is 320 g/mol. The van der Waals surface area contributed by atoms with Crippen molar-refractivity contribution in [2.24, 2.45) is 0 Å². The van der Waals surface area contributed by atoms with Crippen LogP contribution in [0.3, 0.4) is 0 Å². The second-order valence-electron chi connectivity index (χ2n) is 5.42. The summed E-state index contributed by atoms with van der Waals surface area (Å²) in [6.45, 7) is 7.60. The van der Waals surface area contributed by atoms with Crippen LogP contribution in [0.25, 0.3) is 10.9 Å². The monoisotopic (exact) mass is 320 g/mol.